The van der Waals surface area contributed by atoms with Gasteiger partial charge in [0.2, 0.25) is 0 Å². The van der Waals surface area contributed by atoms with Gasteiger partial charge in [-0.25, -0.2) is 4.79 Å². The zero-order valence-electron chi connectivity index (χ0n) is 37.7. The van der Waals surface area contributed by atoms with Gasteiger partial charge in [0, 0.05) is 16.6 Å². The van der Waals surface area contributed by atoms with Crippen molar-refractivity contribution in [2.45, 2.75) is 147 Å². The maximum absolute atomic E-state index is 10.5. The minimum absolute atomic E-state index is 0.355. The molecule has 0 spiro atoms. The number of aromatic nitrogens is 1. The molecular formula is C51H72N2O4S. The van der Waals surface area contributed by atoms with Crippen LogP contribution in [0.4, 0.5) is 0 Å². The molecule has 1 aliphatic heterocycles. The highest BCUT2D eigenvalue weighted by molar-refractivity contribution is 7.09. The van der Waals surface area contributed by atoms with Crippen LogP contribution in [0.1, 0.15) is 162 Å². The summed E-state index contributed by atoms with van der Waals surface area (Å²) in [6, 6.07) is 18.6. The molecule has 3 aromatic carbocycles. The van der Waals surface area contributed by atoms with Crippen LogP contribution in [0, 0.1) is 62.7 Å². The number of aromatic carboxylic acids is 1. The Morgan fingerprint density at radius 2 is 1.60 bits per heavy atom. The van der Waals surface area contributed by atoms with E-state index in [4.69, 9.17) is 19.8 Å². The number of allylic oxidation sites excluding steroid dienone is 2. The zero-order valence-corrected chi connectivity index (χ0v) is 38.5. The van der Waals surface area contributed by atoms with Crippen molar-refractivity contribution in [2.75, 3.05) is 0 Å². The van der Waals surface area contributed by atoms with E-state index >= 15 is 0 Å². The molecule has 2 heterocycles. The fourth-order valence-electron chi connectivity index (χ4n) is 6.30. The number of unbranched alkanes of at least 4 members (excludes halogenated alkanes) is 2. The molecule has 2 aliphatic rings. The molecule has 1 fully saturated rings. The second-order valence-corrected chi connectivity index (χ2v) is 17.2. The molecule has 1 aromatic heterocycles. The van der Waals surface area contributed by atoms with Gasteiger partial charge in [0.05, 0.1) is 22.7 Å². The molecule has 0 saturated heterocycles. The third kappa shape index (κ3) is 18.0. The van der Waals surface area contributed by atoms with Crippen molar-refractivity contribution in [3.8, 4) is 17.6 Å². The van der Waals surface area contributed by atoms with Crippen LogP contribution in [0.15, 0.2) is 78.0 Å². The topological polar surface area (TPSA) is 92.4 Å². The molecule has 0 bridgehead atoms. The van der Waals surface area contributed by atoms with Crippen LogP contribution in [0.3, 0.4) is 0 Å². The van der Waals surface area contributed by atoms with E-state index in [2.05, 4.69) is 72.5 Å². The van der Waals surface area contributed by atoms with Gasteiger partial charge in [-0.05, 0) is 149 Å². The molecule has 6 rings (SSSR count). The summed E-state index contributed by atoms with van der Waals surface area (Å²) in [5.41, 5.74) is 9.62. The third-order valence-corrected chi connectivity index (χ3v) is 11.8. The summed E-state index contributed by atoms with van der Waals surface area (Å²) in [4.78, 5) is 15.9. The molecule has 316 valence electrons. The van der Waals surface area contributed by atoms with Gasteiger partial charge in [0.1, 0.15) is 0 Å². The highest BCUT2D eigenvalue weighted by Gasteiger charge is 2.28. The number of thiazole rings is 1. The van der Waals surface area contributed by atoms with Gasteiger partial charge in [0.15, 0.2) is 11.5 Å². The fraction of sp³-hybridized carbons (Fsp3) is 0.510. The monoisotopic (exact) mass is 809 g/mol. The molecule has 1 aliphatic carbocycles. The number of benzene rings is 3. The predicted octanol–water partition coefficient (Wildman–Crippen LogP) is 15.0. The van der Waals surface area contributed by atoms with E-state index < -0.39 is 12.3 Å². The Kier molecular flexibility index (Phi) is 22.8. The van der Waals surface area contributed by atoms with Gasteiger partial charge in [-0.3, -0.25) is 4.98 Å². The number of para-hydroxylation sites is 1. The van der Waals surface area contributed by atoms with Gasteiger partial charge in [0.25, 0.3) is 6.29 Å². The number of aryl methyl sites for hydroxylation is 5. The van der Waals surface area contributed by atoms with Crippen molar-refractivity contribution >= 4 is 17.3 Å². The van der Waals surface area contributed by atoms with Gasteiger partial charge < -0.3 is 14.6 Å². The summed E-state index contributed by atoms with van der Waals surface area (Å²) in [5.74, 6) is 4.54. The first-order valence-corrected chi connectivity index (χ1v) is 22.3. The minimum atomic E-state index is -0.867. The van der Waals surface area contributed by atoms with Crippen LogP contribution in [0.5, 0.6) is 11.5 Å². The number of nitriles is 1. The first kappa shape index (κ1) is 49.7. The van der Waals surface area contributed by atoms with E-state index in [-0.39, 0.29) is 0 Å². The normalized spacial score (nSPS) is 16.9. The van der Waals surface area contributed by atoms with Crippen molar-refractivity contribution in [1.29, 1.82) is 5.26 Å². The van der Waals surface area contributed by atoms with Gasteiger partial charge >= 0.3 is 5.97 Å². The van der Waals surface area contributed by atoms with Crippen LogP contribution < -0.4 is 9.47 Å². The molecule has 0 amide bonds. The molecule has 6 nitrogen and oxygen atoms in total. The van der Waals surface area contributed by atoms with Crippen molar-refractivity contribution < 1.29 is 19.4 Å². The van der Waals surface area contributed by atoms with Gasteiger partial charge in [-0.1, -0.05) is 104 Å². The van der Waals surface area contributed by atoms with E-state index in [0.717, 1.165) is 63.0 Å². The number of hydrogen-bond donors (Lipinski definition) is 1. The summed E-state index contributed by atoms with van der Waals surface area (Å²) in [6.45, 7) is 26.2. The van der Waals surface area contributed by atoms with Gasteiger partial charge in [-0.15, -0.1) is 11.3 Å². The minimum Gasteiger partial charge on any atom is -0.478 e. The van der Waals surface area contributed by atoms with Crippen molar-refractivity contribution in [1.82, 2.24) is 4.98 Å². The fourth-order valence-corrected chi connectivity index (χ4v) is 6.94. The van der Waals surface area contributed by atoms with E-state index in [1.54, 1.807) is 35.1 Å². The largest absolute Gasteiger partial charge is 0.478 e. The van der Waals surface area contributed by atoms with Crippen molar-refractivity contribution in [3.63, 3.8) is 0 Å². The van der Waals surface area contributed by atoms with Crippen LogP contribution in [0.2, 0.25) is 0 Å². The summed E-state index contributed by atoms with van der Waals surface area (Å²) >= 11 is 1.75. The lowest BCUT2D eigenvalue weighted by Gasteiger charge is -2.20. The number of ether oxygens (including phenoxy) is 2. The number of rotatable bonds is 12. The molecule has 7 heteroatoms. The third-order valence-electron chi connectivity index (χ3n) is 11.0. The zero-order chi connectivity index (χ0) is 43.2. The lowest BCUT2D eigenvalue weighted by molar-refractivity contribution is 0.0478. The number of hydrogen-bond acceptors (Lipinski definition) is 6. The molecular weight excluding hydrogens is 737 g/mol. The average Bonchev–Trinajstić information content (AvgIpc) is 3.55. The van der Waals surface area contributed by atoms with E-state index in [1.165, 1.54) is 62.7 Å². The smallest absolute Gasteiger partial charge is 0.335 e. The number of carboxylic acid groups (broad SMARTS) is 1. The number of carboxylic acids is 1. The maximum atomic E-state index is 10.5. The Morgan fingerprint density at radius 3 is 2.12 bits per heavy atom. The Balaban J connectivity index is 0.000000265. The molecule has 0 radical (unpaired) electrons. The predicted molar refractivity (Wildman–Crippen MR) is 244 cm³/mol. The molecule has 5 atom stereocenters. The van der Waals surface area contributed by atoms with Crippen LogP contribution in [0.25, 0.3) is 0 Å². The SMILES string of the molecule is CC/C=C(/C)CC(C)C(C)CCCC.CC1CC1C.CCCCc1cncs1.Cc1cc(C#N)ccc1C1Oc2cccc(C)c2O1.Cc1ccc(C(=O)O)cc1C. The molecule has 4 aromatic rings. The summed E-state index contributed by atoms with van der Waals surface area (Å²) in [5, 5.41) is 17.5. The number of nitrogens with zero attached hydrogens (tertiary/aromatic N) is 2. The second-order valence-electron chi connectivity index (χ2n) is 16.3. The van der Waals surface area contributed by atoms with Crippen LogP contribution in [-0.4, -0.2) is 16.1 Å². The summed E-state index contributed by atoms with van der Waals surface area (Å²) in [6.07, 6.45) is 15.7. The van der Waals surface area contributed by atoms with E-state index in [1.807, 2.05) is 75.8 Å². The maximum Gasteiger partial charge on any atom is 0.335 e. The average molecular weight is 809 g/mol. The van der Waals surface area contributed by atoms with Crippen LogP contribution in [-0.2, 0) is 6.42 Å². The molecule has 5 unspecified atom stereocenters. The Morgan fingerprint density at radius 1 is 0.914 bits per heavy atom. The Hall–Kier alpha value is -4.41. The number of carbonyl (C=O) groups is 1. The van der Waals surface area contributed by atoms with E-state index in [0.29, 0.717) is 11.1 Å². The summed E-state index contributed by atoms with van der Waals surface area (Å²) < 4.78 is 11.7. The Bertz CT molecular complexity index is 1870. The highest BCUT2D eigenvalue weighted by Crippen LogP contribution is 2.43. The van der Waals surface area contributed by atoms with Gasteiger partial charge in [-0.2, -0.15) is 5.26 Å². The second kappa shape index (κ2) is 26.6. The first-order valence-electron chi connectivity index (χ1n) is 21.4. The van der Waals surface area contributed by atoms with Crippen LogP contribution >= 0.6 is 11.3 Å². The molecule has 1 N–H and O–H groups in total. The number of fused-ring (bicyclic) bond motifs is 1. The molecule has 58 heavy (non-hydrogen) atoms. The first-order chi connectivity index (χ1) is 27.6. The quantitative estimate of drug-likeness (QED) is 0.143. The van der Waals surface area contributed by atoms with Crippen molar-refractivity contribution in [3.05, 3.63) is 122 Å². The van der Waals surface area contributed by atoms with Crippen molar-refractivity contribution in [2.24, 2.45) is 23.7 Å². The standard InChI is InChI=1S/C16H13NO2.C14H28.C9H10O2.C7H11NS.C5H10/c1-10-4-3-5-14-15(10)19-16(18-14)13-7-6-12(9-17)8-11(13)2;1-6-8-10-13(4)14(5)11-12(3)9-7-2;1-6-3-4-8(9(10)11)5-7(6)2;1-2-3-4-7-5-8-6-9-7;1-4-3-5(4)2/h3-8,16H,1-2H3;9,13-14H,6-8,10-11H2,1-5H3;3-5H,1-2H3,(H,10,11);5-6H,2-4H2,1H3;4-5H,3H2,1-2H3/b;12-9-;;;. The van der Waals surface area contributed by atoms with E-state index in [9.17, 15) is 4.79 Å². The molecule has 1 saturated carbocycles. The lowest BCUT2D eigenvalue weighted by atomic mass is 9.86. The summed E-state index contributed by atoms with van der Waals surface area (Å²) in [7, 11) is 0. The highest BCUT2D eigenvalue weighted by atomic mass is 32.1. The lowest BCUT2D eigenvalue weighted by Crippen LogP contribution is -2.09. The Labute approximate surface area is 355 Å².